The van der Waals surface area contributed by atoms with Crippen LogP contribution in [0, 0.1) is 5.92 Å². The van der Waals surface area contributed by atoms with Gasteiger partial charge in [-0.3, -0.25) is 4.98 Å². The van der Waals surface area contributed by atoms with E-state index in [9.17, 15) is 4.79 Å². The van der Waals surface area contributed by atoms with Gasteiger partial charge in [-0.2, -0.15) is 5.10 Å². The third kappa shape index (κ3) is 6.82. The van der Waals surface area contributed by atoms with Crippen molar-refractivity contribution in [1.82, 2.24) is 35.3 Å². The number of methoxy groups -OCH3 is 1. The number of hydrogen-bond acceptors (Lipinski definition) is 9. The van der Waals surface area contributed by atoms with Crippen LogP contribution in [0.2, 0.25) is 0 Å². The van der Waals surface area contributed by atoms with Crippen molar-refractivity contribution in [2.24, 2.45) is 5.92 Å². The molecule has 0 spiro atoms. The molecule has 1 saturated carbocycles. The lowest BCUT2D eigenvalue weighted by Crippen LogP contribution is -2.53. The fourth-order valence-electron chi connectivity index (χ4n) is 5.02. The topological polar surface area (TPSA) is 122 Å². The van der Waals surface area contributed by atoms with Crippen molar-refractivity contribution in [1.29, 1.82) is 0 Å². The zero-order valence-electron chi connectivity index (χ0n) is 23.3. The van der Waals surface area contributed by atoms with Gasteiger partial charge in [0, 0.05) is 31.4 Å². The van der Waals surface area contributed by atoms with Crippen LogP contribution in [0.5, 0.6) is 5.75 Å². The predicted octanol–water partition coefficient (Wildman–Crippen LogP) is 4.26. The predicted molar refractivity (Wildman–Crippen MR) is 147 cm³/mol. The normalized spacial score (nSPS) is 17.9. The number of rotatable bonds is 8. The van der Waals surface area contributed by atoms with Crippen molar-refractivity contribution in [2.45, 2.75) is 70.9 Å². The fraction of sp³-hybridized carbons (Fsp3) is 0.571. The third-order valence-electron chi connectivity index (χ3n) is 7.28. The van der Waals surface area contributed by atoms with Gasteiger partial charge in [0.05, 0.1) is 31.5 Å². The minimum Gasteiger partial charge on any atom is -0.495 e. The van der Waals surface area contributed by atoms with E-state index in [2.05, 4.69) is 35.3 Å². The van der Waals surface area contributed by atoms with E-state index in [-0.39, 0.29) is 12.1 Å². The number of nitrogens with zero attached hydrogens (tertiary/aromatic N) is 7. The molecule has 0 radical (unpaired) electrons. The highest BCUT2D eigenvalue weighted by Crippen LogP contribution is 2.30. The van der Waals surface area contributed by atoms with Crippen molar-refractivity contribution >= 4 is 11.9 Å². The maximum absolute atomic E-state index is 13.2. The molecule has 2 aliphatic rings. The first-order valence-corrected chi connectivity index (χ1v) is 13.8. The summed E-state index contributed by atoms with van der Waals surface area (Å²) in [5.41, 5.74) is 1.07. The van der Waals surface area contributed by atoms with E-state index in [4.69, 9.17) is 9.47 Å². The molecule has 2 fully saturated rings. The van der Waals surface area contributed by atoms with Gasteiger partial charge < -0.3 is 24.3 Å². The summed E-state index contributed by atoms with van der Waals surface area (Å²) >= 11 is 0. The fourth-order valence-corrected chi connectivity index (χ4v) is 5.02. The van der Waals surface area contributed by atoms with E-state index in [0.29, 0.717) is 29.7 Å². The molecule has 1 aliphatic carbocycles. The number of aromatic nitrogens is 6. The van der Waals surface area contributed by atoms with E-state index in [1.54, 1.807) is 19.5 Å². The Balaban J connectivity index is 1.23. The van der Waals surface area contributed by atoms with Gasteiger partial charge in [0.1, 0.15) is 17.2 Å². The lowest BCUT2D eigenvalue weighted by Gasteiger charge is -2.42. The minimum absolute atomic E-state index is 0.0920. The minimum atomic E-state index is -0.514. The number of nitrogens with one attached hydrogen (secondary N) is 1. The largest absolute Gasteiger partial charge is 0.495 e. The summed E-state index contributed by atoms with van der Waals surface area (Å²) in [6.07, 6.45) is 9.20. The average Bonchev–Trinajstić information content (AvgIpc) is 3.36. The van der Waals surface area contributed by atoms with Gasteiger partial charge in [-0.05, 0) is 70.6 Å². The first kappa shape index (κ1) is 26.8. The number of H-pyrrole nitrogens is 1. The van der Waals surface area contributed by atoms with Gasteiger partial charge in [-0.1, -0.05) is 6.42 Å². The zero-order valence-corrected chi connectivity index (χ0v) is 23.3. The van der Waals surface area contributed by atoms with Crippen molar-refractivity contribution in [3.63, 3.8) is 0 Å². The SMILES string of the molecule is COc1cncc(-c2nnc(Cc3ccc(N4CCC[C@@H](N(CC5CCC5)C(=O)OC(C)(C)C)C4)nn3)[nH]2)c1. The Hall–Kier alpha value is -3.76. The molecule has 11 heteroatoms. The van der Waals surface area contributed by atoms with Crippen LogP contribution >= 0.6 is 0 Å². The van der Waals surface area contributed by atoms with Crippen LogP contribution in [-0.4, -0.2) is 79.7 Å². The molecule has 0 aromatic carbocycles. The summed E-state index contributed by atoms with van der Waals surface area (Å²) in [4.78, 5) is 24.8. The Morgan fingerprint density at radius 1 is 1.10 bits per heavy atom. The molecule has 3 aromatic rings. The van der Waals surface area contributed by atoms with E-state index >= 15 is 0 Å². The highest BCUT2D eigenvalue weighted by Gasteiger charge is 2.34. The number of carbonyl (C=O) groups excluding carboxylic acids is 1. The van der Waals surface area contributed by atoms with E-state index in [1.165, 1.54) is 19.3 Å². The first-order chi connectivity index (χ1) is 18.8. The second kappa shape index (κ2) is 11.5. The summed E-state index contributed by atoms with van der Waals surface area (Å²) < 4.78 is 11.0. The Kier molecular flexibility index (Phi) is 7.94. The molecule has 0 unspecified atom stereocenters. The van der Waals surface area contributed by atoms with E-state index < -0.39 is 5.60 Å². The second-order valence-electron chi connectivity index (χ2n) is 11.5. The van der Waals surface area contributed by atoms with Crippen molar-refractivity contribution in [3.05, 3.63) is 42.1 Å². The number of pyridine rings is 1. The van der Waals surface area contributed by atoms with Crippen LogP contribution in [0.15, 0.2) is 30.6 Å². The second-order valence-corrected chi connectivity index (χ2v) is 11.5. The third-order valence-corrected chi connectivity index (χ3v) is 7.28. The smallest absolute Gasteiger partial charge is 0.410 e. The highest BCUT2D eigenvalue weighted by atomic mass is 16.6. The summed E-state index contributed by atoms with van der Waals surface area (Å²) in [5, 5.41) is 17.5. The van der Waals surface area contributed by atoms with Gasteiger partial charge in [0.25, 0.3) is 0 Å². The maximum atomic E-state index is 13.2. The average molecular weight is 535 g/mol. The lowest BCUT2D eigenvalue weighted by molar-refractivity contribution is 0.00733. The van der Waals surface area contributed by atoms with E-state index in [1.807, 2.05) is 43.9 Å². The summed E-state index contributed by atoms with van der Waals surface area (Å²) in [7, 11) is 1.60. The molecule has 208 valence electrons. The molecule has 39 heavy (non-hydrogen) atoms. The molecule has 4 heterocycles. The van der Waals surface area contributed by atoms with Crippen LogP contribution < -0.4 is 9.64 Å². The molecule has 1 amide bonds. The number of piperidine rings is 1. The molecule has 1 saturated heterocycles. The molecule has 1 atom stereocenters. The van der Waals surface area contributed by atoms with Gasteiger partial charge in [-0.25, -0.2) is 4.79 Å². The number of ether oxygens (including phenoxy) is 2. The maximum Gasteiger partial charge on any atom is 0.410 e. The van der Waals surface area contributed by atoms with Crippen molar-refractivity contribution < 1.29 is 14.3 Å². The van der Waals surface area contributed by atoms with Gasteiger partial charge in [0.15, 0.2) is 11.6 Å². The number of hydrogen-bond donors (Lipinski definition) is 1. The van der Waals surface area contributed by atoms with Gasteiger partial charge >= 0.3 is 6.09 Å². The number of amides is 1. The summed E-state index contributed by atoms with van der Waals surface area (Å²) in [5.74, 6) is 3.36. The summed E-state index contributed by atoms with van der Waals surface area (Å²) in [6.45, 7) is 8.14. The number of aromatic amines is 1. The Bertz CT molecular complexity index is 1250. The molecule has 0 bridgehead atoms. The molecule has 5 rings (SSSR count). The zero-order chi connectivity index (χ0) is 27.4. The van der Waals surface area contributed by atoms with Crippen LogP contribution in [0.4, 0.5) is 10.6 Å². The van der Waals surface area contributed by atoms with Crippen LogP contribution in [0.3, 0.4) is 0 Å². The molecule has 11 nitrogen and oxygen atoms in total. The van der Waals surface area contributed by atoms with Crippen molar-refractivity contribution in [3.8, 4) is 17.1 Å². The number of carbonyl (C=O) groups is 1. The lowest BCUT2D eigenvalue weighted by atomic mass is 9.84. The molecule has 1 N–H and O–H groups in total. The van der Waals surface area contributed by atoms with Gasteiger partial charge in [-0.15, -0.1) is 15.3 Å². The van der Waals surface area contributed by atoms with Crippen molar-refractivity contribution in [2.75, 3.05) is 31.6 Å². The Morgan fingerprint density at radius 2 is 1.95 bits per heavy atom. The Morgan fingerprint density at radius 3 is 2.64 bits per heavy atom. The number of anilines is 1. The molecular formula is C28H38N8O3. The van der Waals surface area contributed by atoms with Crippen LogP contribution in [0.25, 0.3) is 11.4 Å². The Labute approximate surface area is 229 Å². The van der Waals surface area contributed by atoms with E-state index in [0.717, 1.165) is 49.6 Å². The molecule has 3 aromatic heterocycles. The molecule has 1 aliphatic heterocycles. The quantitative estimate of drug-likeness (QED) is 0.451. The highest BCUT2D eigenvalue weighted by molar-refractivity contribution is 5.69. The van der Waals surface area contributed by atoms with Crippen LogP contribution in [-0.2, 0) is 11.2 Å². The monoisotopic (exact) mass is 534 g/mol. The first-order valence-electron chi connectivity index (χ1n) is 13.8. The standard InChI is InChI=1S/C28H38N8O3/c1-28(2,3)39-27(37)36(17-19-7-5-8-19)22-9-6-12-35(18-22)25-11-10-21(31-33-25)14-24-30-26(34-32-24)20-13-23(38-4)16-29-15-20/h10-11,13,15-16,19,22H,5-9,12,14,17-18H2,1-4H3,(H,30,32,34)/t22-/m1/s1. The summed E-state index contributed by atoms with van der Waals surface area (Å²) in [6, 6.07) is 5.92. The van der Waals surface area contributed by atoms with Crippen LogP contribution in [0.1, 0.15) is 64.4 Å². The molecular weight excluding hydrogens is 496 g/mol. The van der Waals surface area contributed by atoms with Gasteiger partial charge in [0.2, 0.25) is 0 Å².